The van der Waals surface area contributed by atoms with E-state index in [1.165, 1.54) is 19.4 Å². The smallest absolute Gasteiger partial charge is 0.271 e. The molecule has 39 heavy (non-hydrogen) atoms. The Morgan fingerprint density at radius 2 is 1.64 bits per heavy atom. The van der Waals surface area contributed by atoms with Crippen LogP contribution in [0.3, 0.4) is 0 Å². The van der Waals surface area contributed by atoms with Crippen LogP contribution in [0.25, 0.3) is 0 Å². The topological polar surface area (TPSA) is 149 Å². The molecule has 14 heteroatoms. The number of thiazole rings is 1. The van der Waals surface area contributed by atoms with Gasteiger partial charge < -0.3 is 20.8 Å². The molecule has 0 spiro atoms. The normalized spacial score (nSPS) is 14.6. The van der Waals surface area contributed by atoms with Gasteiger partial charge in [0.25, 0.3) is 11.8 Å². The Hall–Kier alpha value is -3.46. The lowest BCUT2D eigenvalue weighted by Crippen LogP contribution is -2.55. The molecule has 0 bridgehead atoms. The van der Waals surface area contributed by atoms with Crippen molar-refractivity contribution in [2.24, 2.45) is 0 Å². The van der Waals surface area contributed by atoms with E-state index < -0.39 is 57.8 Å². The lowest BCUT2D eigenvalue weighted by atomic mass is 9.94. The maximum atomic E-state index is 13.8. The van der Waals surface area contributed by atoms with Gasteiger partial charge in [-0.3, -0.25) is 9.59 Å². The van der Waals surface area contributed by atoms with Gasteiger partial charge >= 0.3 is 0 Å². The second kappa shape index (κ2) is 12.6. The fraction of sp³-hybridized carbons (Fsp3) is 0.320. The van der Waals surface area contributed by atoms with Gasteiger partial charge in [-0.2, -0.15) is 0 Å². The lowest BCUT2D eigenvalue weighted by molar-refractivity contribution is -0.0188. The Morgan fingerprint density at radius 3 is 2.23 bits per heavy atom. The SMILES string of the molecule is C[C@@H](NC(=O)c1ccccc1)[C@@H](O)[C@H](O)[C@H](Cc1cc(F)cc(F)c1)NC(=O)c1csc(N(C)S(C)(=O)=O)n1. The van der Waals surface area contributed by atoms with Crippen LogP contribution in [0.1, 0.15) is 33.3 Å². The number of carbonyl (C=O) groups is 2. The van der Waals surface area contributed by atoms with Crippen molar-refractivity contribution in [3.8, 4) is 0 Å². The summed E-state index contributed by atoms with van der Waals surface area (Å²) >= 11 is 0.888. The maximum Gasteiger partial charge on any atom is 0.271 e. The van der Waals surface area contributed by atoms with Gasteiger partial charge in [0.2, 0.25) is 10.0 Å². The number of sulfonamides is 1. The predicted molar refractivity (Wildman–Crippen MR) is 142 cm³/mol. The average Bonchev–Trinajstić information content (AvgIpc) is 3.36. The third-order valence-electron chi connectivity index (χ3n) is 5.86. The molecule has 10 nitrogen and oxygen atoms in total. The van der Waals surface area contributed by atoms with E-state index >= 15 is 0 Å². The summed E-state index contributed by atoms with van der Waals surface area (Å²) < 4.78 is 52.1. The molecule has 4 atom stereocenters. The fourth-order valence-corrected chi connectivity index (χ4v) is 5.17. The van der Waals surface area contributed by atoms with E-state index in [-0.39, 0.29) is 22.8 Å². The third-order valence-corrected chi connectivity index (χ3v) is 8.06. The van der Waals surface area contributed by atoms with Crippen molar-refractivity contribution in [1.82, 2.24) is 15.6 Å². The molecule has 3 rings (SSSR count). The van der Waals surface area contributed by atoms with Crippen LogP contribution < -0.4 is 14.9 Å². The van der Waals surface area contributed by atoms with Crippen molar-refractivity contribution in [3.05, 3.63) is 82.4 Å². The summed E-state index contributed by atoms with van der Waals surface area (Å²) in [6.45, 7) is 1.45. The van der Waals surface area contributed by atoms with Crippen LogP contribution in [0.2, 0.25) is 0 Å². The van der Waals surface area contributed by atoms with E-state index in [4.69, 9.17) is 0 Å². The third kappa shape index (κ3) is 8.02. The zero-order chi connectivity index (χ0) is 28.9. The zero-order valence-electron chi connectivity index (χ0n) is 21.2. The Kier molecular flexibility index (Phi) is 9.72. The monoisotopic (exact) mass is 582 g/mol. The highest BCUT2D eigenvalue weighted by atomic mass is 32.2. The van der Waals surface area contributed by atoms with E-state index in [0.717, 1.165) is 34.0 Å². The molecule has 0 saturated heterocycles. The number of rotatable bonds is 11. The standard InChI is InChI=1S/C25H28F2N4O6S2/c1-14(28-23(34)16-7-5-4-6-8-16)21(32)22(33)19(11-15-9-17(26)12-18(27)10-15)29-24(35)20-13-38-25(30-20)31(2)39(3,36)37/h4-10,12-14,19,21-22,32-33H,11H2,1-3H3,(H,28,34)(H,29,35)/t14-,19+,21-,22-/m1/s1. The van der Waals surface area contributed by atoms with E-state index in [9.17, 15) is 37.0 Å². The number of nitrogens with one attached hydrogen (secondary N) is 2. The number of nitrogens with zero attached hydrogens (tertiary/aromatic N) is 2. The average molecular weight is 583 g/mol. The number of anilines is 1. The molecule has 210 valence electrons. The van der Waals surface area contributed by atoms with Crippen molar-refractivity contribution in [1.29, 1.82) is 0 Å². The van der Waals surface area contributed by atoms with Gasteiger partial charge in [0.1, 0.15) is 29.5 Å². The molecular formula is C25H28F2N4O6S2. The number of aromatic nitrogens is 1. The minimum absolute atomic E-state index is 0.0178. The van der Waals surface area contributed by atoms with Gasteiger partial charge in [0.15, 0.2) is 5.13 Å². The summed E-state index contributed by atoms with van der Waals surface area (Å²) in [6, 6.07) is 8.59. The van der Waals surface area contributed by atoms with Crippen LogP contribution in [0.15, 0.2) is 53.9 Å². The number of carbonyl (C=O) groups excluding carboxylic acids is 2. The van der Waals surface area contributed by atoms with Gasteiger partial charge in [-0.05, 0) is 43.2 Å². The molecule has 0 aliphatic heterocycles. The molecule has 2 aromatic carbocycles. The Bertz CT molecular complexity index is 1400. The van der Waals surface area contributed by atoms with E-state index in [1.807, 2.05) is 0 Å². The number of benzene rings is 2. The number of aliphatic hydroxyl groups is 2. The summed E-state index contributed by atoms with van der Waals surface area (Å²) in [5.41, 5.74) is 0.235. The van der Waals surface area contributed by atoms with Gasteiger partial charge in [-0.25, -0.2) is 26.5 Å². The zero-order valence-corrected chi connectivity index (χ0v) is 22.8. The molecule has 2 amide bonds. The first-order chi connectivity index (χ1) is 18.3. The molecule has 0 aliphatic carbocycles. The van der Waals surface area contributed by atoms with Gasteiger partial charge in [-0.1, -0.05) is 18.2 Å². The van der Waals surface area contributed by atoms with Crippen LogP contribution in [0, 0.1) is 11.6 Å². The minimum Gasteiger partial charge on any atom is -0.388 e. The van der Waals surface area contributed by atoms with Gasteiger partial charge in [-0.15, -0.1) is 11.3 Å². The van der Waals surface area contributed by atoms with E-state index in [2.05, 4.69) is 15.6 Å². The van der Waals surface area contributed by atoms with Crippen molar-refractivity contribution < 1.29 is 37.0 Å². The quantitative estimate of drug-likeness (QED) is 0.269. The number of halogens is 2. The van der Waals surface area contributed by atoms with Crippen LogP contribution >= 0.6 is 11.3 Å². The van der Waals surface area contributed by atoms with Gasteiger partial charge in [0, 0.05) is 24.1 Å². The second-order valence-corrected chi connectivity index (χ2v) is 11.8. The molecule has 1 aromatic heterocycles. The molecule has 4 N–H and O–H groups in total. The first kappa shape index (κ1) is 30.1. The van der Waals surface area contributed by atoms with Crippen LogP contribution in [-0.2, 0) is 16.4 Å². The largest absolute Gasteiger partial charge is 0.388 e. The predicted octanol–water partition coefficient (Wildman–Crippen LogP) is 1.70. The van der Waals surface area contributed by atoms with E-state index in [0.29, 0.717) is 11.6 Å². The first-order valence-corrected chi connectivity index (χ1v) is 14.4. The maximum absolute atomic E-state index is 13.8. The molecule has 3 aromatic rings. The minimum atomic E-state index is -3.63. The highest BCUT2D eigenvalue weighted by molar-refractivity contribution is 7.92. The van der Waals surface area contributed by atoms with Crippen LogP contribution in [0.5, 0.6) is 0 Å². The summed E-state index contributed by atoms with van der Waals surface area (Å²) in [7, 11) is -2.37. The van der Waals surface area contributed by atoms with Gasteiger partial charge in [0.05, 0.1) is 18.3 Å². The van der Waals surface area contributed by atoms with Crippen molar-refractivity contribution in [3.63, 3.8) is 0 Å². The molecule has 0 fully saturated rings. The Labute approximate surface area is 228 Å². The summed E-state index contributed by atoms with van der Waals surface area (Å²) in [6.07, 6.45) is -2.64. The lowest BCUT2D eigenvalue weighted by Gasteiger charge is -2.31. The van der Waals surface area contributed by atoms with E-state index in [1.54, 1.807) is 30.3 Å². The molecule has 1 heterocycles. The number of amides is 2. The molecule has 0 saturated carbocycles. The molecular weight excluding hydrogens is 554 g/mol. The molecule has 0 radical (unpaired) electrons. The summed E-state index contributed by atoms with van der Waals surface area (Å²) in [5, 5.41) is 28.3. The Balaban J connectivity index is 1.82. The summed E-state index contributed by atoms with van der Waals surface area (Å²) in [5.74, 6) is -3.08. The molecule has 0 unspecified atom stereocenters. The number of hydrogen-bond donors (Lipinski definition) is 4. The number of hydrogen-bond acceptors (Lipinski definition) is 8. The van der Waals surface area contributed by atoms with Crippen molar-refractivity contribution in [2.45, 2.75) is 37.6 Å². The highest BCUT2D eigenvalue weighted by Crippen LogP contribution is 2.22. The fourth-order valence-electron chi connectivity index (χ4n) is 3.64. The van der Waals surface area contributed by atoms with Crippen molar-refractivity contribution in [2.75, 3.05) is 17.6 Å². The second-order valence-electron chi connectivity index (χ2n) is 8.92. The van der Waals surface area contributed by atoms with Crippen LogP contribution in [-0.4, -0.2) is 73.0 Å². The Morgan fingerprint density at radius 1 is 1.03 bits per heavy atom. The summed E-state index contributed by atoms with van der Waals surface area (Å²) in [4.78, 5) is 29.5. The van der Waals surface area contributed by atoms with Crippen molar-refractivity contribution >= 4 is 38.3 Å². The highest BCUT2D eigenvalue weighted by Gasteiger charge is 2.33. The van der Waals surface area contributed by atoms with Crippen LogP contribution in [0.4, 0.5) is 13.9 Å². The first-order valence-electron chi connectivity index (χ1n) is 11.6. The molecule has 0 aliphatic rings. The number of aliphatic hydroxyl groups excluding tert-OH is 2.